The SMILES string of the molecule is C=C1Oc2c(ccc3ccccc23)N2C=C(C(=O)N3CC[C@@H](N)C3)C(=O)/C(=C/C(F)=C\1NCC)C2C.CCCOCCNCC. The molecule has 1 unspecified atom stereocenters. The number of likely N-dealkylation sites (N-methyl/N-ethyl adjacent to an activating group) is 2. The van der Waals surface area contributed by atoms with Gasteiger partial charge in [0.1, 0.15) is 17.0 Å². The van der Waals surface area contributed by atoms with E-state index >= 15 is 4.39 Å². The van der Waals surface area contributed by atoms with Gasteiger partial charge in [-0.3, -0.25) is 9.59 Å². The van der Waals surface area contributed by atoms with Crippen molar-refractivity contribution in [1.82, 2.24) is 15.5 Å². The lowest BCUT2D eigenvalue weighted by Crippen LogP contribution is -2.43. The number of benzene rings is 2. The molecule has 242 valence electrons. The number of carbonyl (C=O) groups is 2. The third-order valence-electron chi connectivity index (χ3n) is 7.92. The van der Waals surface area contributed by atoms with Crippen LogP contribution in [0.3, 0.4) is 0 Å². The number of anilines is 1. The Bertz CT molecular complexity index is 1490. The molecule has 10 heteroatoms. The van der Waals surface area contributed by atoms with Gasteiger partial charge in [0, 0.05) is 56.0 Å². The van der Waals surface area contributed by atoms with Gasteiger partial charge in [0.25, 0.3) is 5.91 Å². The number of hydrogen-bond donors (Lipinski definition) is 3. The molecule has 2 bridgehead atoms. The monoisotopic (exact) mass is 619 g/mol. The van der Waals surface area contributed by atoms with Gasteiger partial charge in [0.15, 0.2) is 17.4 Å². The standard InChI is InChI=1S/C28H29FN4O3.C7H17NO/c1-4-31-25-17(3)36-27-20-8-6-5-7-18(20)9-10-24(27)33-15-22(28(35)32-12-11-19(30)14-32)26(34)21(16(33)2)13-23(25)29;1-3-6-9-7-5-8-4-2/h5-10,13,15-16,19,31H,3-4,11-12,14,30H2,1-2H3;8H,3-7H2,1-2H3/b21-13+,25-23-;/t16?,19-;/m1./s1. The average Bonchev–Trinajstić information content (AvgIpc) is 3.48. The topological polar surface area (TPSA) is 109 Å². The van der Waals surface area contributed by atoms with Crippen molar-refractivity contribution in [3.63, 3.8) is 0 Å². The number of nitrogens with two attached hydrogens (primary N) is 1. The number of ketones is 1. The third-order valence-corrected chi connectivity index (χ3v) is 7.92. The zero-order valence-electron chi connectivity index (χ0n) is 26.8. The Balaban J connectivity index is 0.000000448. The molecule has 0 aromatic heterocycles. The molecule has 2 aromatic carbocycles. The Morgan fingerprint density at radius 1 is 1.16 bits per heavy atom. The van der Waals surface area contributed by atoms with Crippen molar-refractivity contribution in [1.29, 1.82) is 0 Å². The van der Waals surface area contributed by atoms with Crippen molar-refractivity contribution in [3.8, 4) is 5.75 Å². The average molecular weight is 620 g/mol. The summed E-state index contributed by atoms with van der Waals surface area (Å²) in [5.74, 6) is -1.02. The van der Waals surface area contributed by atoms with Crippen molar-refractivity contribution < 1.29 is 23.5 Å². The number of Topliss-reactive ketones (excluding diaryl/α,β-unsaturated/α-hetero) is 1. The third kappa shape index (κ3) is 7.81. The van der Waals surface area contributed by atoms with Crippen molar-refractivity contribution in [2.45, 2.75) is 52.6 Å². The van der Waals surface area contributed by atoms with Crippen LogP contribution >= 0.6 is 0 Å². The van der Waals surface area contributed by atoms with Crippen LogP contribution in [0.25, 0.3) is 10.8 Å². The first-order chi connectivity index (χ1) is 21.7. The first-order valence-electron chi connectivity index (χ1n) is 15.8. The summed E-state index contributed by atoms with van der Waals surface area (Å²) in [4.78, 5) is 30.4. The predicted octanol–water partition coefficient (Wildman–Crippen LogP) is 4.71. The highest BCUT2D eigenvalue weighted by Gasteiger charge is 2.39. The van der Waals surface area contributed by atoms with Crippen molar-refractivity contribution in [2.75, 3.05) is 50.8 Å². The lowest BCUT2D eigenvalue weighted by molar-refractivity contribution is -0.128. The van der Waals surface area contributed by atoms with Gasteiger partial charge in [-0.2, -0.15) is 0 Å². The number of carbonyl (C=O) groups excluding carboxylic acids is 2. The molecule has 0 saturated carbocycles. The molecular weight excluding hydrogens is 573 g/mol. The molecule has 45 heavy (non-hydrogen) atoms. The summed E-state index contributed by atoms with van der Waals surface area (Å²) < 4.78 is 27.1. The highest BCUT2D eigenvalue weighted by atomic mass is 19.1. The maximum Gasteiger partial charge on any atom is 0.259 e. The molecular formula is C35H46FN5O4. The minimum atomic E-state index is -0.683. The highest BCUT2D eigenvalue weighted by Crippen LogP contribution is 2.42. The summed E-state index contributed by atoms with van der Waals surface area (Å²) in [6.45, 7) is 16.9. The molecule has 1 fully saturated rings. The predicted molar refractivity (Wildman–Crippen MR) is 177 cm³/mol. The number of fused-ring (bicyclic) bond motifs is 6. The van der Waals surface area contributed by atoms with Gasteiger partial charge in [-0.25, -0.2) is 4.39 Å². The van der Waals surface area contributed by atoms with E-state index in [2.05, 4.69) is 31.1 Å². The molecule has 2 atom stereocenters. The number of ether oxygens (including phenoxy) is 2. The van der Waals surface area contributed by atoms with Gasteiger partial charge in [-0.1, -0.05) is 50.8 Å². The molecule has 4 N–H and O–H groups in total. The Morgan fingerprint density at radius 2 is 1.93 bits per heavy atom. The van der Waals surface area contributed by atoms with Gasteiger partial charge in [0.2, 0.25) is 0 Å². The van der Waals surface area contributed by atoms with E-state index in [9.17, 15) is 9.59 Å². The van der Waals surface area contributed by atoms with Gasteiger partial charge in [-0.15, -0.1) is 0 Å². The van der Waals surface area contributed by atoms with Gasteiger partial charge in [-0.05, 0) is 50.8 Å². The molecule has 0 aliphatic carbocycles. The second-order valence-electron chi connectivity index (χ2n) is 11.2. The van der Waals surface area contributed by atoms with Crippen molar-refractivity contribution in [3.05, 3.63) is 83.7 Å². The maximum atomic E-state index is 15.6. The molecule has 1 saturated heterocycles. The lowest BCUT2D eigenvalue weighted by Gasteiger charge is -2.36. The van der Waals surface area contributed by atoms with Crippen LogP contribution in [0.5, 0.6) is 5.75 Å². The van der Waals surface area contributed by atoms with E-state index in [-0.39, 0.29) is 28.6 Å². The lowest BCUT2D eigenvalue weighted by atomic mass is 9.91. The normalized spacial score (nSPS) is 22.5. The molecule has 3 heterocycles. The second kappa shape index (κ2) is 15.8. The van der Waals surface area contributed by atoms with E-state index in [1.54, 1.807) is 16.0 Å². The molecule has 9 nitrogen and oxygen atoms in total. The minimum Gasteiger partial charge on any atom is -0.453 e. The molecule has 5 rings (SSSR count). The quantitative estimate of drug-likeness (QED) is 0.274. The van der Waals surface area contributed by atoms with Crippen LogP contribution in [0, 0.1) is 0 Å². The molecule has 3 aliphatic rings. The molecule has 1 amide bonds. The Labute approximate surface area is 265 Å². The second-order valence-corrected chi connectivity index (χ2v) is 11.2. The summed E-state index contributed by atoms with van der Waals surface area (Å²) >= 11 is 0. The number of allylic oxidation sites excluding steroid dienone is 2. The zero-order valence-corrected chi connectivity index (χ0v) is 26.8. The largest absolute Gasteiger partial charge is 0.453 e. The van der Waals surface area contributed by atoms with Crippen LogP contribution in [0.15, 0.2) is 83.7 Å². The Morgan fingerprint density at radius 3 is 2.62 bits per heavy atom. The summed E-state index contributed by atoms with van der Waals surface area (Å²) in [6.07, 6.45) is 4.54. The van der Waals surface area contributed by atoms with Crippen molar-refractivity contribution >= 4 is 28.2 Å². The summed E-state index contributed by atoms with van der Waals surface area (Å²) in [6, 6.07) is 10.8. The first kappa shape index (κ1) is 33.9. The fourth-order valence-corrected chi connectivity index (χ4v) is 5.55. The van der Waals surface area contributed by atoms with Gasteiger partial charge >= 0.3 is 0 Å². The number of nitrogens with one attached hydrogen (secondary N) is 2. The van der Waals surface area contributed by atoms with E-state index in [1.165, 1.54) is 6.08 Å². The maximum absolute atomic E-state index is 15.6. The fraction of sp³-hybridized carbons (Fsp3) is 0.429. The summed E-state index contributed by atoms with van der Waals surface area (Å²) in [5, 5.41) is 7.88. The van der Waals surface area contributed by atoms with Crippen LogP contribution < -0.4 is 26.0 Å². The molecule has 0 spiro atoms. The fourth-order valence-electron chi connectivity index (χ4n) is 5.55. The van der Waals surface area contributed by atoms with Crippen LogP contribution in [0.4, 0.5) is 10.1 Å². The first-order valence-corrected chi connectivity index (χ1v) is 15.8. The van der Waals surface area contributed by atoms with E-state index in [0.29, 0.717) is 37.5 Å². The number of halogens is 1. The zero-order chi connectivity index (χ0) is 32.5. The Kier molecular flexibility index (Phi) is 11.9. The highest BCUT2D eigenvalue weighted by molar-refractivity contribution is 6.27. The van der Waals surface area contributed by atoms with E-state index in [1.807, 2.05) is 50.2 Å². The smallest absolute Gasteiger partial charge is 0.259 e. The molecule has 0 radical (unpaired) electrons. The Hall–Kier alpha value is -3.99. The van der Waals surface area contributed by atoms with Gasteiger partial charge in [0.05, 0.1) is 18.3 Å². The number of likely N-dealkylation sites (tertiary alicyclic amines) is 1. The molecule has 3 aliphatic heterocycles. The van der Waals surface area contributed by atoms with Crippen LogP contribution in [0.1, 0.15) is 40.5 Å². The summed E-state index contributed by atoms with van der Waals surface area (Å²) in [7, 11) is 0. The van der Waals surface area contributed by atoms with Crippen LogP contribution in [0.2, 0.25) is 0 Å². The number of hydrogen-bond acceptors (Lipinski definition) is 8. The van der Waals surface area contributed by atoms with Crippen molar-refractivity contribution in [2.24, 2.45) is 5.73 Å². The minimum absolute atomic E-state index is 0.0234. The van der Waals surface area contributed by atoms with E-state index in [4.69, 9.17) is 15.2 Å². The van der Waals surface area contributed by atoms with E-state index < -0.39 is 23.6 Å². The van der Waals surface area contributed by atoms with Crippen LogP contribution in [-0.4, -0.2) is 74.6 Å². The number of rotatable bonds is 9. The number of amides is 1. The molecule has 2 aromatic rings. The van der Waals surface area contributed by atoms with Crippen LogP contribution in [-0.2, 0) is 14.3 Å². The van der Waals surface area contributed by atoms with E-state index in [0.717, 1.165) is 43.5 Å². The number of nitrogens with zero attached hydrogens (tertiary/aromatic N) is 2. The van der Waals surface area contributed by atoms with Gasteiger partial charge < -0.3 is 35.6 Å². The summed E-state index contributed by atoms with van der Waals surface area (Å²) in [5.41, 5.74) is 6.86.